The van der Waals surface area contributed by atoms with Gasteiger partial charge in [-0.1, -0.05) is 0 Å². The number of hydrogen-bond acceptors (Lipinski definition) is 7. The molecule has 0 saturated heterocycles. The molecule has 1 aromatic carbocycles. The van der Waals surface area contributed by atoms with Crippen LogP contribution in [-0.4, -0.2) is 29.5 Å². The summed E-state index contributed by atoms with van der Waals surface area (Å²) < 4.78 is 1.66. The maximum atomic E-state index is 11.8. The van der Waals surface area contributed by atoms with E-state index >= 15 is 0 Å². The molecule has 0 aliphatic heterocycles. The summed E-state index contributed by atoms with van der Waals surface area (Å²) >= 11 is 1.12. The molecule has 24 heavy (non-hydrogen) atoms. The molecular formula is C13H12N7O3S+. The Kier molecular flexibility index (Phi) is 3.85. The number of hydrogen-bond donors (Lipinski definition) is 1. The average Bonchev–Trinajstić information content (AvgIpc) is 2.92. The van der Waals surface area contributed by atoms with E-state index in [1.54, 1.807) is 30.7 Å². The summed E-state index contributed by atoms with van der Waals surface area (Å²) in [4.78, 5) is 27.4. The number of hydrazine groups is 1. The first-order chi connectivity index (χ1) is 11.4. The summed E-state index contributed by atoms with van der Waals surface area (Å²) in [5.74, 6) is 5.35. The van der Waals surface area contributed by atoms with Crippen molar-refractivity contribution in [1.29, 1.82) is 0 Å². The fraction of sp³-hybridized carbons (Fsp3) is 0.154. The number of benzene rings is 1. The van der Waals surface area contributed by atoms with E-state index in [1.165, 1.54) is 6.33 Å². The van der Waals surface area contributed by atoms with Crippen LogP contribution in [0.3, 0.4) is 0 Å². The molecule has 0 aliphatic rings. The fourth-order valence-corrected chi connectivity index (χ4v) is 3.17. The van der Waals surface area contributed by atoms with Gasteiger partial charge in [0.1, 0.15) is 11.2 Å². The van der Waals surface area contributed by atoms with Crippen LogP contribution < -0.4 is 5.84 Å². The molecule has 10 nitrogen and oxygen atoms in total. The molecule has 0 bridgehead atoms. The molecule has 0 atom stereocenters. The van der Waals surface area contributed by atoms with Gasteiger partial charge in [0.2, 0.25) is 0 Å². The topological polar surface area (TPSA) is 133 Å². The van der Waals surface area contributed by atoms with Gasteiger partial charge in [-0.2, -0.15) is 5.84 Å². The van der Waals surface area contributed by atoms with E-state index in [0.29, 0.717) is 26.6 Å². The summed E-state index contributed by atoms with van der Waals surface area (Å²) in [7, 11) is 1.74. The van der Waals surface area contributed by atoms with Crippen LogP contribution in [0, 0.1) is 21.9 Å². The minimum Gasteiger partial charge on any atom is -0.311 e. The predicted molar refractivity (Wildman–Crippen MR) is 85.7 cm³/mol. The Morgan fingerprint density at radius 1 is 1.29 bits per heavy atom. The molecule has 0 aliphatic carbocycles. The number of nitro groups is 1. The molecule has 2 N–H and O–H groups in total. The molecule has 2 heterocycles. The lowest BCUT2D eigenvalue weighted by atomic mass is 10.1. The quantitative estimate of drug-likeness (QED) is 0.328. The highest BCUT2D eigenvalue weighted by atomic mass is 32.2. The monoisotopic (exact) mass is 346 g/mol. The zero-order valence-corrected chi connectivity index (χ0v) is 13.5. The van der Waals surface area contributed by atoms with E-state index in [-0.39, 0.29) is 16.2 Å². The molecule has 3 rings (SSSR count). The normalized spacial score (nSPS) is 10.9. The Bertz CT molecular complexity index is 985. The Balaban J connectivity index is 2.36. The van der Waals surface area contributed by atoms with E-state index in [2.05, 4.69) is 15.2 Å². The van der Waals surface area contributed by atoms with E-state index in [9.17, 15) is 15.0 Å². The molecule has 2 aromatic heterocycles. The van der Waals surface area contributed by atoms with Gasteiger partial charge in [0, 0.05) is 12.7 Å². The van der Waals surface area contributed by atoms with Crippen LogP contribution >= 0.6 is 11.8 Å². The van der Waals surface area contributed by atoms with Crippen molar-refractivity contribution in [3.05, 3.63) is 45.2 Å². The molecule has 122 valence electrons. The number of nitrogens with zero attached hydrogens (tertiary/aromatic N) is 6. The first kappa shape index (κ1) is 15.8. The lowest BCUT2D eigenvalue weighted by Gasteiger charge is -2.07. The molecule has 0 amide bonds. The number of aromatic nitrogens is 4. The van der Waals surface area contributed by atoms with Gasteiger partial charge in [0.05, 0.1) is 26.8 Å². The molecule has 0 saturated carbocycles. The lowest BCUT2D eigenvalue weighted by molar-refractivity contribution is -0.477. The smallest absolute Gasteiger partial charge is 0.311 e. The SMILES string of the molecule is Cc1ccc2c([N+](=O)[O-])cc([N+](N)=O)c(Sc3nncn3C)c2n1. The van der Waals surface area contributed by atoms with Crippen molar-refractivity contribution in [2.24, 2.45) is 12.9 Å². The summed E-state index contributed by atoms with van der Waals surface area (Å²) in [6.07, 6.45) is 1.51. The number of pyridine rings is 1. The van der Waals surface area contributed by atoms with Gasteiger partial charge < -0.3 is 4.57 Å². The van der Waals surface area contributed by atoms with Crippen LogP contribution in [0.5, 0.6) is 0 Å². The van der Waals surface area contributed by atoms with Crippen molar-refractivity contribution in [1.82, 2.24) is 19.7 Å². The van der Waals surface area contributed by atoms with E-state index in [0.717, 1.165) is 17.8 Å². The number of aryl methyl sites for hydroxylation is 2. The van der Waals surface area contributed by atoms with Crippen molar-refractivity contribution in [2.45, 2.75) is 17.0 Å². The average molecular weight is 346 g/mol. The van der Waals surface area contributed by atoms with Crippen molar-refractivity contribution in [2.75, 3.05) is 0 Å². The maximum absolute atomic E-state index is 11.8. The van der Waals surface area contributed by atoms with Crippen molar-refractivity contribution < 1.29 is 9.79 Å². The molecule has 0 fully saturated rings. The number of nitroso groups, excluding NO2 is 1. The summed E-state index contributed by atoms with van der Waals surface area (Å²) in [5, 5.41) is 19.9. The van der Waals surface area contributed by atoms with Crippen molar-refractivity contribution in [3.63, 3.8) is 0 Å². The highest BCUT2D eigenvalue weighted by Crippen LogP contribution is 2.42. The third-order valence-corrected chi connectivity index (χ3v) is 4.49. The summed E-state index contributed by atoms with van der Waals surface area (Å²) in [6, 6.07) is 4.42. The maximum Gasteiger partial charge on any atom is 0.314 e. The summed E-state index contributed by atoms with van der Waals surface area (Å²) in [6.45, 7) is 1.76. The van der Waals surface area contributed by atoms with Crippen LogP contribution in [0.2, 0.25) is 0 Å². The van der Waals surface area contributed by atoms with Crippen molar-refractivity contribution in [3.8, 4) is 0 Å². The van der Waals surface area contributed by atoms with Crippen LogP contribution in [0.4, 0.5) is 11.4 Å². The third-order valence-electron chi connectivity index (χ3n) is 3.33. The molecule has 0 radical (unpaired) electrons. The molecular weight excluding hydrogens is 334 g/mol. The first-order valence-electron chi connectivity index (χ1n) is 6.71. The largest absolute Gasteiger partial charge is 0.314 e. The van der Waals surface area contributed by atoms with Gasteiger partial charge in [0.15, 0.2) is 10.0 Å². The van der Waals surface area contributed by atoms with E-state index < -0.39 is 4.92 Å². The second-order valence-electron chi connectivity index (χ2n) is 5.00. The van der Waals surface area contributed by atoms with Crippen LogP contribution in [-0.2, 0) is 7.05 Å². The first-order valence-corrected chi connectivity index (χ1v) is 7.52. The zero-order valence-electron chi connectivity index (χ0n) is 12.7. The number of rotatable bonds is 4. The Morgan fingerprint density at radius 3 is 2.62 bits per heavy atom. The van der Waals surface area contributed by atoms with E-state index in [4.69, 9.17) is 5.84 Å². The highest BCUT2D eigenvalue weighted by molar-refractivity contribution is 7.99. The lowest BCUT2D eigenvalue weighted by Crippen LogP contribution is -2.11. The standard InChI is InChI=1S/C13H12N7O3S/c1-7-3-4-8-9(20(22)23)5-10(19(14)21)12(11(8)16-7)24-13-17-15-6-18(13)2/h3-6H,1-2H3,(H2,14,21)/q+1. The zero-order chi connectivity index (χ0) is 17.4. The number of nitrogens with two attached hydrogens (primary N) is 1. The molecule has 3 aromatic rings. The van der Waals surface area contributed by atoms with Gasteiger partial charge >= 0.3 is 5.69 Å². The summed E-state index contributed by atoms with van der Waals surface area (Å²) in [5.41, 5.74) is 0.683. The number of non-ortho nitro benzene ring substituents is 1. The van der Waals surface area contributed by atoms with Gasteiger partial charge in [-0.15, -0.1) is 10.2 Å². The number of nitro benzene ring substituents is 1. The Hall–Kier alpha value is -3.08. The van der Waals surface area contributed by atoms with E-state index in [1.807, 2.05) is 0 Å². The number of fused-ring (bicyclic) bond motifs is 1. The minimum absolute atomic E-state index is 0.0553. The molecule has 0 unspecified atom stereocenters. The second-order valence-corrected chi connectivity index (χ2v) is 5.98. The Labute approximate surface area is 139 Å². The Morgan fingerprint density at radius 2 is 2.04 bits per heavy atom. The highest BCUT2D eigenvalue weighted by Gasteiger charge is 2.29. The second kappa shape index (κ2) is 5.85. The van der Waals surface area contributed by atoms with Gasteiger partial charge in [-0.05, 0) is 30.8 Å². The fourth-order valence-electron chi connectivity index (χ4n) is 2.20. The van der Waals surface area contributed by atoms with Crippen LogP contribution in [0.1, 0.15) is 5.69 Å². The van der Waals surface area contributed by atoms with Crippen LogP contribution in [0.25, 0.3) is 10.9 Å². The van der Waals surface area contributed by atoms with Gasteiger partial charge in [-0.3, -0.25) is 15.1 Å². The molecule has 0 spiro atoms. The minimum atomic E-state index is -0.566. The third kappa shape index (κ3) is 2.65. The van der Waals surface area contributed by atoms with Gasteiger partial charge in [0.25, 0.3) is 5.69 Å². The van der Waals surface area contributed by atoms with Crippen molar-refractivity contribution >= 4 is 34.0 Å². The van der Waals surface area contributed by atoms with Crippen LogP contribution in [0.15, 0.2) is 34.6 Å². The van der Waals surface area contributed by atoms with Gasteiger partial charge in [-0.25, -0.2) is 0 Å². The predicted octanol–water partition coefficient (Wildman–Crippen LogP) is 2.02. The molecule has 11 heteroatoms.